The topological polar surface area (TPSA) is 41.1 Å². The van der Waals surface area contributed by atoms with Crippen molar-refractivity contribution in [3.63, 3.8) is 0 Å². The Labute approximate surface area is 90.9 Å². The third kappa shape index (κ3) is 8.08. The molecule has 0 aromatic heterocycles. The van der Waals surface area contributed by atoms with Gasteiger partial charge in [-0.1, -0.05) is 25.1 Å². The molecule has 0 fully saturated rings. The molecule has 1 amide bonds. The smallest absolute Gasteiger partial charge is 0.221 e. The van der Waals surface area contributed by atoms with E-state index in [4.69, 9.17) is 11.6 Å². The highest BCUT2D eigenvalue weighted by Gasteiger charge is 2.04. The lowest BCUT2D eigenvalue weighted by atomic mass is 10.2. The van der Waals surface area contributed by atoms with Crippen molar-refractivity contribution >= 4 is 17.5 Å². The first kappa shape index (κ1) is 13.5. The summed E-state index contributed by atoms with van der Waals surface area (Å²) in [6.45, 7) is 8.76. The predicted molar refractivity (Wildman–Crippen MR) is 60.4 cm³/mol. The number of amides is 1. The van der Waals surface area contributed by atoms with Crippen LogP contribution in [0.15, 0.2) is 11.6 Å². The lowest BCUT2D eigenvalue weighted by Gasteiger charge is -2.11. The van der Waals surface area contributed by atoms with E-state index in [0.29, 0.717) is 24.5 Å². The van der Waals surface area contributed by atoms with Crippen LogP contribution >= 0.6 is 11.6 Å². The van der Waals surface area contributed by atoms with Crippen LogP contribution in [0.2, 0.25) is 0 Å². The molecule has 82 valence electrons. The van der Waals surface area contributed by atoms with Crippen LogP contribution in [0.5, 0.6) is 0 Å². The number of carbonyl (C=O) groups excluding carboxylic acids is 1. The van der Waals surface area contributed by atoms with Gasteiger partial charge in [-0.15, -0.1) is 0 Å². The third-order valence-electron chi connectivity index (χ3n) is 1.87. The van der Waals surface area contributed by atoms with E-state index in [1.54, 1.807) is 0 Å². The average molecular weight is 219 g/mol. The standard InChI is InChI=1S/C10H19ClN2O/c1-4-9(3)13-10(14)5-6-12-7-8(2)11/h9,12H,2,4-7H2,1,3H3,(H,13,14). The molecule has 0 bridgehead atoms. The highest BCUT2D eigenvalue weighted by Crippen LogP contribution is 1.92. The molecule has 0 aromatic carbocycles. The summed E-state index contributed by atoms with van der Waals surface area (Å²) in [5, 5.41) is 6.46. The molecule has 2 N–H and O–H groups in total. The lowest BCUT2D eigenvalue weighted by Crippen LogP contribution is -2.34. The summed E-state index contributed by atoms with van der Waals surface area (Å²) in [6.07, 6.45) is 1.44. The molecule has 0 aliphatic carbocycles. The third-order valence-corrected chi connectivity index (χ3v) is 2.00. The fraction of sp³-hybridized carbons (Fsp3) is 0.700. The quantitative estimate of drug-likeness (QED) is 0.638. The van der Waals surface area contributed by atoms with E-state index in [0.717, 1.165) is 6.42 Å². The van der Waals surface area contributed by atoms with Gasteiger partial charge in [0.15, 0.2) is 0 Å². The molecule has 0 aliphatic rings. The van der Waals surface area contributed by atoms with Crippen LogP contribution in [0.1, 0.15) is 26.7 Å². The molecule has 0 rings (SSSR count). The number of halogens is 1. The fourth-order valence-corrected chi connectivity index (χ4v) is 0.969. The zero-order valence-corrected chi connectivity index (χ0v) is 9.66. The SMILES string of the molecule is C=C(Cl)CNCCC(=O)NC(C)CC. The van der Waals surface area contributed by atoms with Crippen LogP contribution in [-0.4, -0.2) is 25.0 Å². The molecular formula is C10H19ClN2O. The van der Waals surface area contributed by atoms with Gasteiger partial charge in [0.2, 0.25) is 5.91 Å². The first-order chi connectivity index (χ1) is 6.56. The van der Waals surface area contributed by atoms with Gasteiger partial charge in [0.05, 0.1) is 0 Å². The Kier molecular flexibility index (Phi) is 7.52. The summed E-state index contributed by atoms with van der Waals surface area (Å²) in [5.74, 6) is 0.0760. The van der Waals surface area contributed by atoms with Crippen molar-refractivity contribution < 1.29 is 4.79 Å². The van der Waals surface area contributed by atoms with E-state index in [1.165, 1.54) is 0 Å². The Bertz CT molecular complexity index is 195. The zero-order chi connectivity index (χ0) is 11.0. The van der Waals surface area contributed by atoms with E-state index >= 15 is 0 Å². The van der Waals surface area contributed by atoms with Gasteiger partial charge in [0.25, 0.3) is 0 Å². The molecule has 1 unspecified atom stereocenters. The van der Waals surface area contributed by atoms with Gasteiger partial charge in [0, 0.05) is 30.6 Å². The van der Waals surface area contributed by atoms with Gasteiger partial charge in [-0.3, -0.25) is 4.79 Å². The predicted octanol–water partition coefficient (Wildman–Crippen LogP) is 1.63. The molecule has 0 heterocycles. The van der Waals surface area contributed by atoms with Gasteiger partial charge in [-0.25, -0.2) is 0 Å². The van der Waals surface area contributed by atoms with Crippen molar-refractivity contribution in [2.45, 2.75) is 32.7 Å². The van der Waals surface area contributed by atoms with Crippen molar-refractivity contribution in [3.8, 4) is 0 Å². The summed E-state index contributed by atoms with van der Waals surface area (Å²) in [6, 6.07) is 0.255. The van der Waals surface area contributed by atoms with Gasteiger partial charge < -0.3 is 10.6 Å². The van der Waals surface area contributed by atoms with Crippen LogP contribution in [0, 0.1) is 0 Å². The van der Waals surface area contributed by atoms with Gasteiger partial charge >= 0.3 is 0 Å². The number of rotatable bonds is 7. The van der Waals surface area contributed by atoms with Crippen molar-refractivity contribution in [2.75, 3.05) is 13.1 Å². The summed E-state index contributed by atoms with van der Waals surface area (Å²) < 4.78 is 0. The van der Waals surface area contributed by atoms with Crippen LogP contribution in [-0.2, 0) is 4.79 Å². The molecule has 0 saturated carbocycles. The number of hydrogen-bond donors (Lipinski definition) is 2. The Hall–Kier alpha value is -0.540. The van der Waals surface area contributed by atoms with Gasteiger partial charge in [-0.05, 0) is 13.3 Å². The Morgan fingerprint density at radius 3 is 2.71 bits per heavy atom. The van der Waals surface area contributed by atoms with E-state index in [1.807, 2.05) is 13.8 Å². The molecular weight excluding hydrogens is 200 g/mol. The number of hydrogen-bond acceptors (Lipinski definition) is 2. The van der Waals surface area contributed by atoms with E-state index < -0.39 is 0 Å². The van der Waals surface area contributed by atoms with Crippen molar-refractivity contribution in [2.24, 2.45) is 0 Å². The molecule has 0 aliphatic heterocycles. The van der Waals surface area contributed by atoms with Crippen molar-refractivity contribution in [1.82, 2.24) is 10.6 Å². The van der Waals surface area contributed by atoms with E-state index in [-0.39, 0.29) is 11.9 Å². The minimum Gasteiger partial charge on any atom is -0.354 e. The summed E-state index contributed by atoms with van der Waals surface area (Å²) in [4.78, 5) is 11.3. The maximum absolute atomic E-state index is 11.3. The number of nitrogens with one attached hydrogen (secondary N) is 2. The molecule has 14 heavy (non-hydrogen) atoms. The summed E-state index contributed by atoms with van der Waals surface area (Å²) >= 11 is 5.54. The molecule has 1 atom stereocenters. The second kappa shape index (κ2) is 7.83. The second-order valence-electron chi connectivity index (χ2n) is 3.32. The van der Waals surface area contributed by atoms with Crippen molar-refractivity contribution in [1.29, 1.82) is 0 Å². The zero-order valence-electron chi connectivity index (χ0n) is 8.90. The first-order valence-electron chi connectivity index (χ1n) is 4.89. The molecule has 3 nitrogen and oxygen atoms in total. The molecule has 4 heteroatoms. The normalized spacial score (nSPS) is 12.2. The van der Waals surface area contributed by atoms with E-state index in [9.17, 15) is 4.79 Å². The fourth-order valence-electron chi connectivity index (χ4n) is 0.875. The Morgan fingerprint density at radius 2 is 2.21 bits per heavy atom. The van der Waals surface area contributed by atoms with Crippen molar-refractivity contribution in [3.05, 3.63) is 11.6 Å². The summed E-state index contributed by atoms with van der Waals surface area (Å²) in [5.41, 5.74) is 0. The van der Waals surface area contributed by atoms with Gasteiger partial charge in [0.1, 0.15) is 0 Å². The highest BCUT2D eigenvalue weighted by molar-refractivity contribution is 6.29. The molecule has 0 radical (unpaired) electrons. The minimum absolute atomic E-state index is 0.0760. The molecule has 0 spiro atoms. The van der Waals surface area contributed by atoms with Crippen LogP contribution in [0.3, 0.4) is 0 Å². The van der Waals surface area contributed by atoms with Crippen LogP contribution in [0.4, 0.5) is 0 Å². The molecule has 0 saturated heterocycles. The maximum atomic E-state index is 11.3. The van der Waals surface area contributed by atoms with Crippen LogP contribution < -0.4 is 10.6 Å². The Balaban J connectivity index is 3.40. The second-order valence-corrected chi connectivity index (χ2v) is 3.86. The molecule has 0 aromatic rings. The first-order valence-corrected chi connectivity index (χ1v) is 5.27. The minimum atomic E-state index is 0.0760. The summed E-state index contributed by atoms with van der Waals surface area (Å²) in [7, 11) is 0. The Morgan fingerprint density at radius 1 is 1.57 bits per heavy atom. The monoisotopic (exact) mass is 218 g/mol. The largest absolute Gasteiger partial charge is 0.354 e. The van der Waals surface area contributed by atoms with Crippen LogP contribution in [0.25, 0.3) is 0 Å². The van der Waals surface area contributed by atoms with E-state index in [2.05, 4.69) is 17.2 Å². The number of carbonyl (C=O) groups is 1. The average Bonchev–Trinajstić information content (AvgIpc) is 2.12. The lowest BCUT2D eigenvalue weighted by molar-refractivity contribution is -0.121. The maximum Gasteiger partial charge on any atom is 0.221 e. The van der Waals surface area contributed by atoms with Gasteiger partial charge in [-0.2, -0.15) is 0 Å². The highest BCUT2D eigenvalue weighted by atomic mass is 35.5.